The maximum absolute atomic E-state index is 2.64. The van der Waals surface area contributed by atoms with E-state index in [2.05, 4.69) is 425 Å². The van der Waals surface area contributed by atoms with Crippen molar-refractivity contribution in [1.29, 1.82) is 0 Å². The molecular weight excluding hydrogens is 1290 g/mol. The number of benzene rings is 18. The van der Waals surface area contributed by atoms with E-state index in [0.717, 1.165) is 61.9 Å². The molecule has 0 saturated heterocycles. The van der Waals surface area contributed by atoms with Gasteiger partial charge in [-0.1, -0.05) is 293 Å². The van der Waals surface area contributed by atoms with E-state index in [1.165, 1.54) is 132 Å². The number of hydrogen-bond donors (Lipinski definition) is 0. The molecule has 18 aromatic rings. The van der Waals surface area contributed by atoms with E-state index < -0.39 is 10.8 Å². The van der Waals surface area contributed by atoms with Crippen molar-refractivity contribution >= 4 is 77.2 Å². The highest BCUT2D eigenvalue weighted by Gasteiger charge is 2.46. The van der Waals surface area contributed by atoms with Crippen molar-refractivity contribution in [2.75, 3.05) is 9.80 Å². The lowest BCUT2D eigenvalue weighted by molar-refractivity contribution is 0.660. The van der Waals surface area contributed by atoms with Crippen molar-refractivity contribution in [3.05, 3.63) is 422 Å². The first kappa shape index (κ1) is 63.3. The summed E-state index contributed by atoms with van der Waals surface area (Å²) in [5.41, 5.74) is 31.0. The van der Waals surface area contributed by atoms with Crippen molar-refractivity contribution in [3.8, 4) is 89.0 Å². The average Bonchev–Trinajstić information content (AvgIpc) is 1.53. The number of rotatable bonds is 13. The van der Waals surface area contributed by atoms with Gasteiger partial charge in [0.15, 0.2) is 0 Å². The Bertz CT molecular complexity index is 6290. The lowest BCUT2D eigenvalue weighted by Gasteiger charge is -2.32. The third kappa shape index (κ3) is 10.5. The minimum atomic E-state index is -0.758. The van der Waals surface area contributed by atoms with Gasteiger partial charge in [0, 0.05) is 44.7 Å². The van der Waals surface area contributed by atoms with Crippen LogP contribution in [0, 0.1) is 0 Å². The summed E-state index contributed by atoms with van der Waals surface area (Å²) in [5, 5.41) is 9.73. The Balaban J connectivity index is 0.888. The van der Waals surface area contributed by atoms with E-state index in [0.29, 0.717) is 0 Å². The Labute approximate surface area is 625 Å². The Morgan fingerprint density at radius 1 is 0.206 bits per heavy atom. The molecule has 0 aliphatic heterocycles. The SMILES string of the molecule is CC1(C)c2cc3c(cc2-c2c1cc(N(c1ccccc1)c1ccccc1)c1ccccc21)C(C)(c1cc(-c2cc(-c4ccccc4)cc(-c4ccccc4)c2)cc(-c2ccc(-c4cccc5ccccc45)c4c(-c5cccc6ccccc56)cccc24)c1)c1cc(N(c2ccccc2)c2ccccc2)ccc1-3. The van der Waals surface area contributed by atoms with Crippen LogP contribution in [-0.4, -0.2) is 0 Å². The highest BCUT2D eigenvalue weighted by molar-refractivity contribution is 6.18. The molecule has 0 bridgehead atoms. The van der Waals surface area contributed by atoms with Gasteiger partial charge in [0.05, 0.1) is 5.69 Å². The van der Waals surface area contributed by atoms with Crippen LogP contribution in [0.1, 0.15) is 48.6 Å². The summed E-state index contributed by atoms with van der Waals surface area (Å²) in [5.74, 6) is 0. The van der Waals surface area contributed by atoms with E-state index in [9.17, 15) is 0 Å². The zero-order valence-electron chi connectivity index (χ0n) is 59.9. The molecule has 2 heteroatoms. The quantitative estimate of drug-likeness (QED) is 0.114. The van der Waals surface area contributed by atoms with Crippen LogP contribution < -0.4 is 9.80 Å². The second-order valence-electron chi connectivity index (χ2n) is 29.6. The van der Waals surface area contributed by atoms with Gasteiger partial charge in [-0.05, 0) is 277 Å². The molecule has 18 aromatic carbocycles. The first-order valence-corrected chi connectivity index (χ1v) is 37.4. The number of hydrogen-bond acceptors (Lipinski definition) is 2. The maximum Gasteiger partial charge on any atom is 0.0543 e. The smallest absolute Gasteiger partial charge is 0.0543 e. The van der Waals surface area contributed by atoms with E-state index in [1.54, 1.807) is 0 Å². The van der Waals surface area contributed by atoms with Crippen LogP contribution in [0.25, 0.3) is 132 Å². The van der Waals surface area contributed by atoms with Crippen LogP contribution in [0.2, 0.25) is 0 Å². The van der Waals surface area contributed by atoms with Crippen molar-refractivity contribution in [3.63, 3.8) is 0 Å². The molecule has 0 amide bonds. The normalized spacial score (nSPS) is 13.9. The summed E-state index contributed by atoms with van der Waals surface area (Å²) >= 11 is 0. The molecular formula is C105H74N2. The molecule has 0 N–H and O–H groups in total. The van der Waals surface area contributed by atoms with Gasteiger partial charge in [-0.2, -0.15) is 0 Å². The van der Waals surface area contributed by atoms with Gasteiger partial charge in [0.2, 0.25) is 0 Å². The number of fused-ring (bicyclic) bond motifs is 11. The Hall–Kier alpha value is -13.4. The molecule has 0 saturated carbocycles. The topological polar surface area (TPSA) is 6.48 Å². The fourth-order valence-corrected chi connectivity index (χ4v) is 18.0. The lowest BCUT2D eigenvalue weighted by atomic mass is 9.71. The van der Waals surface area contributed by atoms with Crippen molar-refractivity contribution in [2.24, 2.45) is 0 Å². The zero-order chi connectivity index (χ0) is 71.3. The largest absolute Gasteiger partial charge is 0.310 e. The third-order valence-electron chi connectivity index (χ3n) is 23.2. The van der Waals surface area contributed by atoms with E-state index in [1.807, 2.05) is 0 Å². The summed E-state index contributed by atoms with van der Waals surface area (Å²) in [4.78, 5) is 4.88. The molecule has 0 radical (unpaired) electrons. The second-order valence-corrected chi connectivity index (χ2v) is 29.6. The van der Waals surface area contributed by atoms with E-state index in [-0.39, 0.29) is 0 Å². The van der Waals surface area contributed by atoms with Gasteiger partial charge in [-0.25, -0.2) is 0 Å². The minimum absolute atomic E-state index is 0.397. The average molecular weight is 1360 g/mol. The van der Waals surface area contributed by atoms with E-state index in [4.69, 9.17) is 0 Å². The summed E-state index contributed by atoms with van der Waals surface area (Å²) in [6.07, 6.45) is 0. The van der Waals surface area contributed by atoms with Gasteiger partial charge in [0.1, 0.15) is 0 Å². The number of para-hydroxylation sites is 4. The number of nitrogens with zero attached hydrogens (tertiary/aromatic N) is 2. The molecule has 2 aliphatic rings. The number of anilines is 6. The second kappa shape index (κ2) is 25.5. The van der Waals surface area contributed by atoms with Crippen LogP contribution in [-0.2, 0) is 10.8 Å². The summed E-state index contributed by atoms with van der Waals surface area (Å²) in [7, 11) is 0. The first-order valence-electron chi connectivity index (χ1n) is 37.4. The van der Waals surface area contributed by atoms with Gasteiger partial charge in [-0.3, -0.25) is 0 Å². The van der Waals surface area contributed by atoms with Gasteiger partial charge >= 0.3 is 0 Å². The Morgan fingerprint density at radius 3 is 1.17 bits per heavy atom. The summed E-state index contributed by atoms with van der Waals surface area (Å²) < 4.78 is 0. The Morgan fingerprint density at radius 2 is 0.598 bits per heavy atom. The van der Waals surface area contributed by atoms with Crippen molar-refractivity contribution in [2.45, 2.75) is 31.6 Å². The molecule has 1 atom stereocenters. The fourth-order valence-electron chi connectivity index (χ4n) is 18.0. The molecule has 0 spiro atoms. The summed E-state index contributed by atoms with van der Waals surface area (Å²) in [6, 6.07) is 148. The molecule has 0 heterocycles. The lowest BCUT2D eigenvalue weighted by Crippen LogP contribution is -2.23. The molecule has 20 rings (SSSR count). The predicted octanol–water partition coefficient (Wildman–Crippen LogP) is 28.9. The summed E-state index contributed by atoms with van der Waals surface area (Å²) in [6.45, 7) is 7.46. The molecule has 2 nitrogen and oxygen atoms in total. The van der Waals surface area contributed by atoms with E-state index >= 15 is 0 Å². The maximum atomic E-state index is 2.64. The molecule has 504 valence electrons. The third-order valence-corrected chi connectivity index (χ3v) is 23.2. The Kier molecular flexibility index (Phi) is 15.1. The van der Waals surface area contributed by atoms with Gasteiger partial charge in [-0.15, -0.1) is 0 Å². The van der Waals surface area contributed by atoms with Gasteiger partial charge < -0.3 is 9.80 Å². The van der Waals surface area contributed by atoms with Crippen molar-refractivity contribution < 1.29 is 0 Å². The van der Waals surface area contributed by atoms with Crippen LogP contribution in [0.3, 0.4) is 0 Å². The van der Waals surface area contributed by atoms with Crippen LogP contribution in [0.15, 0.2) is 394 Å². The highest BCUT2D eigenvalue weighted by Crippen LogP contribution is 2.62. The predicted molar refractivity (Wildman–Crippen MR) is 453 cm³/mol. The fraction of sp³-hybridized carbons (Fsp3) is 0.0476. The zero-order valence-corrected chi connectivity index (χ0v) is 59.9. The molecule has 1 unspecified atom stereocenters. The minimum Gasteiger partial charge on any atom is -0.310 e. The van der Waals surface area contributed by atoms with Crippen LogP contribution >= 0.6 is 0 Å². The standard InChI is InChI=1S/C105H74N2/c1-104(2)97-66-95-89-56-55-83(106(79-39-14-6-15-40-79)80-41-16-7-17-42-80)65-98(89)105(3,99(95)67-96(97)103-93-50-27-26-49-90(93)101(68-100(103)104)107(81-43-18-8-19-44-81)82-45-20-9-21-46-82)78-63-76(75-60-73(69-31-10-4-11-32-69)59-74(61-75)70-33-12-5-13-34-70)62-77(64-78)86-57-58-94(88-52-29-38-72-36-23-25-48-85(72)88)102-91(86)53-30-54-92(102)87-51-28-37-71-35-22-24-47-84(71)87/h4-68H,1-3H3. The van der Waals surface area contributed by atoms with Crippen LogP contribution in [0.4, 0.5) is 34.1 Å². The first-order chi connectivity index (χ1) is 52.7. The van der Waals surface area contributed by atoms with Crippen LogP contribution in [0.5, 0.6) is 0 Å². The molecule has 0 fully saturated rings. The highest BCUT2D eigenvalue weighted by atomic mass is 15.1. The van der Waals surface area contributed by atoms with Crippen molar-refractivity contribution in [1.82, 2.24) is 0 Å². The van der Waals surface area contributed by atoms with Gasteiger partial charge in [0.25, 0.3) is 0 Å². The molecule has 0 aromatic heterocycles. The molecule has 107 heavy (non-hydrogen) atoms. The monoisotopic (exact) mass is 1360 g/mol. The molecule has 2 aliphatic carbocycles.